The van der Waals surface area contributed by atoms with Gasteiger partial charge in [-0.1, -0.05) is 19.9 Å². The molecule has 4 heteroatoms. The molecule has 118 valence electrons. The topological polar surface area (TPSA) is 26.0 Å². The SMILES string of the molecule is CC(C)c1cc(CCC[C@@H](N)C2CC2)cc(C(F)(F)F)c1. The Labute approximate surface area is 124 Å². The summed E-state index contributed by atoms with van der Waals surface area (Å²) in [6, 6.07) is 4.68. The summed E-state index contributed by atoms with van der Waals surface area (Å²) in [6.45, 7) is 3.84. The summed E-state index contributed by atoms with van der Waals surface area (Å²) in [5.41, 5.74) is 7.04. The largest absolute Gasteiger partial charge is 0.416 e. The van der Waals surface area contributed by atoms with Crippen molar-refractivity contribution in [3.63, 3.8) is 0 Å². The number of rotatable bonds is 6. The van der Waals surface area contributed by atoms with Gasteiger partial charge in [0.2, 0.25) is 0 Å². The Hall–Kier alpha value is -1.03. The molecule has 1 aliphatic carbocycles. The number of hydrogen-bond acceptors (Lipinski definition) is 1. The van der Waals surface area contributed by atoms with Crippen molar-refractivity contribution >= 4 is 0 Å². The molecule has 1 aromatic rings. The van der Waals surface area contributed by atoms with Crippen LogP contribution < -0.4 is 5.73 Å². The molecule has 0 amide bonds. The van der Waals surface area contributed by atoms with E-state index in [2.05, 4.69) is 0 Å². The summed E-state index contributed by atoms with van der Waals surface area (Å²) in [5, 5.41) is 0. The molecular formula is C17H24F3N. The van der Waals surface area contributed by atoms with Crippen LogP contribution in [-0.2, 0) is 12.6 Å². The van der Waals surface area contributed by atoms with E-state index in [4.69, 9.17) is 5.73 Å². The van der Waals surface area contributed by atoms with Crippen molar-refractivity contribution in [1.29, 1.82) is 0 Å². The van der Waals surface area contributed by atoms with Crippen molar-refractivity contribution in [1.82, 2.24) is 0 Å². The number of benzene rings is 1. The van der Waals surface area contributed by atoms with Crippen LogP contribution in [0.15, 0.2) is 18.2 Å². The van der Waals surface area contributed by atoms with Gasteiger partial charge in [-0.2, -0.15) is 13.2 Å². The Morgan fingerprint density at radius 2 is 1.86 bits per heavy atom. The fourth-order valence-electron chi connectivity index (χ4n) is 2.66. The normalized spacial score (nSPS) is 17.3. The highest BCUT2D eigenvalue weighted by Crippen LogP contribution is 2.34. The number of nitrogens with two attached hydrogens (primary N) is 1. The van der Waals surface area contributed by atoms with Gasteiger partial charge in [0.05, 0.1) is 5.56 Å². The van der Waals surface area contributed by atoms with Gasteiger partial charge in [-0.25, -0.2) is 0 Å². The van der Waals surface area contributed by atoms with E-state index in [1.807, 2.05) is 19.9 Å². The Morgan fingerprint density at radius 3 is 2.38 bits per heavy atom. The quantitative estimate of drug-likeness (QED) is 0.795. The van der Waals surface area contributed by atoms with E-state index in [1.54, 1.807) is 0 Å². The predicted molar refractivity (Wildman–Crippen MR) is 79.2 cm³/mol. The number of aryl methyl sites for hydroxylation is 1. The van der Waals surface area contributed by atoms with E-state index in [0.717, 1.165) is 24.0 Å². The zero-order valence-corrected chi connectivity index (χ0v) is 12.7. The Morgan fingerprint density at radius 1 is 1.19 bits per heavy atom. The second-order valence-corrected chi connectivity index (χ2v) is 6.51. The van der Waals surface area contributed by atoms with Gasteiger partial charge in [-0.15, -0.1) is 0 Å². The highest BCUT2D eigenvalue weighted by Gasteiger charge is 2.31. The molecule has 2 rings (SSSR count). The van der Waals surface area contributed by atoms with Crippen LogP contribution in [0, 0.1) is 5.92 Å². The van der Waals surface area contributed by atoms with Gasteiger partial charge in [0.25, 0.3) is 0 Å². The maximum Gasteiger partial charge on any atom is 0.416 e. The molecule has 0 saturated heterocycles. The van der Waals surface area contributed by atoms with Gasteiger partial charge >= 0.3 is 6.18 Å². The minimum Gasteiger partial charge on any atom is -0.327 e. The van der Waals surface area contributed by atoms with E-state index >= 15 is 0 Å². The summed E-state index contributed by atoms with van der Waals surface area (Å²) in [7, 11) is 0. The monoisotopic (exact) mass is 299 g/mol. The molecule has 0 spiro atoms. The Bertz CT molecular complexity index is 475. The third-order valence-corrected chi connectivity index (χ3v) is 4.24. The van der Waals surface area contributed by atoms with Gasteiger partial charge in [0.15, 0.2) is 0 Å². The molecule has 1 aliphatic rings. The van der Waals surface area contributed by atoms with Crippen LogP contribution >= 0.6 is 0 Å². The predicted octanol–water partition coefficient (Wildman–Crippen LogP) is 4.89. The van der Waals surface area contributed by atoms with E-state index in [1.165, 1.54) is 25.0 Å². The summed E-state index contributed by atoms with van der Waals surface area (Å²) in [5.74, 6) is 0.748. The van der Waals surface area contributed by atoms with Crippen LogP contribution in [0.1, 0.15) is 62.1 Å². The number of hydrogen-bond donors (Lipinski definition) is 1. The van der Waals surface area contributed by atoms with Crippen molar-refractivity contribution in [2.45, 2.75) is 64.1 Å². The number of alkyl halides is 3. The van der Waals surface area contributed by atoms with Gasteiger partial charge in [-0.05, 0) is 67.2 Å². The summed E-state index contributed by atoms with van der Waals surface area (Å²) >= 11 is 0. The summed E-state index contributed by atoms with van der Waals surface area (Å²) in [4.78, 5) is 0. The van der Waals surface area contributed by atoms with Gasteiger partial charge in [0.1, 0.15) is 0 Å². The highest BCUT2D eigenvalue weighted by molar-refractivity contribution is 5.33. The van der Waals surface area contributed by atoms with E-state index in [0.29, 0.717) is 12.3 Å². The van der Waals surface area contributed by atoms with Crippen molar-refractivity contribution in [3.05, 3.63) is 34.9 Å². The highest BCUT2D eigenvalue weighted by atomic mass is 19.4. The lowest BCUT2D eigenvalue weighted by atomic mass is 9.94. The maximum absolute atomic E-state index is 13.0. The van der Waals surface area contributed by atoms with Crippen LogP contribution in [0.3, 0.4) is 0 Å². The average molecular weight is 299 g/mol. The lowest BCUT2D eigenvalue weighted by Gasteiger charge is -2.15. The molecule has 21 heavy (non-hydrogen) atoms. The molecule has 1 aromatic carbocycles. The van der Waals surface area contributed by atoms with Crippen LogP contribution in [0.2, 0.25) is 0 Å². The molecule has 0 bridgehead atoms. The molecular weight excluding hydrogens is 275 g/mol. The van der Waals surface area contributed by atoms with E-state index < -0.39 is 11.7 Å². The first-order chi connectivity index (χ1) is 9.77. The summed E-state index contributed by atoms with van der Waals surface area (Å²) < 4.78 is 38.9. The molecule has 2 N–H and O–H groups in total. The van der Waals surface area contributed by atoms with E-state index in [9.17, 15) is 13.2 Å². The Kier molecular flexibility index (Phi) is 4.97. The lowest BCUT2D eigenvalue weighted by molar-refractivity contribution is -0.137. The lowest BCUT2D eigenvalue weighted by Crippen LogP contribution is -2.22. The van der Waals surface area contributed by atoms with Crippen LogP contribution in [0.25, 0.3) is 0 Å². The fourth-order valence-corrected chi connectivity index (χ4v) is 2.66. The van der Waals surface area contributed by atoms with Gasteiger partial charge in [0, 0.05) is 6.04 Å². The van der Waals surface area contributed by atoms with Gasteiger partial charge < -0.3 is 5.73 Å². The average Bonchev–Trinajstić information content (AvgIpc) is 3.21. The van der Waals surface area contributed by atoms with Crippen molar-refractivity contribution in [2.75, 3.05) is 0 Å². The van der Waals surface area contributed by atoms with Crippen molar-refractivity contribution < 1.29 is 13.2 Å². The first-order valence-corrected chi connectivity index (χ1v) is 7.74. The van der Waals surface area contributed by atoms with Crippen LogP contribution in [-0.4, -0.2) is 6.04 Å². The zero-order valence-electron chi connectivity index (χ0n) is 12.7. The van der Waals surface area contributed by atoms with Crippen molar-refractivity contribution in [2.24, 2.45) is 11.7 Å². The molecule has 1 nitrogen and oxygen atoms in total. The molecule has 1 atom stereocenters. The third-order valence-electron chi connectivity index (χ3n) is 4.24. The molecule has 0 radical (unpaired) electrons. The van der Waals surface area contributed by atoms with E-state index in [-0.39, 0.29) is 12.0 Å². The molecule has 0 aliphatic heterocycles. The Balaban J connectivity index is 2.04. The third kappa shape index (κ3) is 4.73. The minimum atomic E-state index is -4.27. The second kappa shape index (κ2) is 6.39. The standard InChI is InChI=1S/C17H24F3N/c1-11(2)14-8-12(9-15(10-14)17(18,19)20)4-3-5-16(21)13-6-7-13/h8-11,13,16H,3-7,21H2,1-2H3/t16-/m1/s1. The maximum atomic E-state index is 13.0. The molecule has 1 saturated carbocycles. The molecule has 0 unspecified atom stereocenters. The van der Waals surface area contributed by atoms with Crippen LogP contribution in [0.4, 0.5) is 13.2 Å². The molecule has 0 heterocycles. The second-order valence-electron chi connectivity index (χ2n) is 6.51. The molecule has 1 fully saturated rings. The van der Waals surface area contributed by atoms with Crippen LogP contribution in [0.5, 0.6) is 0 Å². The minimum absolute atomic E-state index is 0.0970. The first kappa shape index (κ1) is 16.3. The first-order valence-electron chi connectivity index (χ1n) is 7.74. The fraction of sp³-hybridized carbons (Fsp3) is 0.647. The smallest absolute Gasteiger partial charge is 0.327 e. The summed E-state index contributed by atoms with van der Waals surface area (Å²) in [6.07, 6.45) is 0.576. The zero-order chi connectivity index (χ0) is 15.6. The number of halogens is 3. The van der Waals surface area contributed by atoms with Gasteiger partial charge in [-0.3, -0.25) is 0 Å². The molecule has 0 aromatic heterocycles. The van der Waals surface area contributed by atoms with Crippen molar-refractivity contribution in [3.8, 4) is 0 Å².